The van der Waals surface area contributed by atoms with Gasteiger partial charge >= 0.3 is 0 Å². The number of carbonyl (C=O) groups is 1. The number of hydrogen-bond acceptors (Lipinski definition) is 3. The number of aryl methyl sites for hydroxylation is 2. The number of piperidine rings is 1. The third-order valence-corrected chi connectivity index (χ3v) is 3.37. The lowest BCUT2D eigenvalue weighted by Gasteiger charge is -2.34. The maximum atomic E-state index is 12.4. The third kappa shape index (κ3) is 2.36. The van der Waals surface area contributed by atoms with Gasteiger partial charge in [0.15, 0.2) is 0 Å². The van der Waals surface area contributed by atoms with E-state index in [0.29, 0.717) is 11.3 Å². The minimum absolute atomic E-state index is 0.0156. The number of aliphatic hydroxyl groups excluding tert-OH is 1. The van der Waals surface area contributed by atoms with Gasteiger partial charge in [0.1, 0.15) is 11.5 Å². The molecule has 0 spiro atoms. The van der Waals surface area contributed by atoms with Gasteiger partial charge in [-0.1, -0.05) is 0 Å². The Labute approximate surface area is 101 Å². The molecule has 1 aromatic heterocycles. The van der Waals surface area contributed by atoms with Crippen molar-refractivity contribution >= 4 is 5.91 Å². The molecule has 1 atom stereocenters. The maximum Gasteiger partial charge on any atom is 0.257 e. The second kappa shape index (κ2) is 4.92. The molecule has 4 heteroatoms. The van der Waals surface area contributed by atoms with Crippen molar-refractivity contribution < 1.29 is 14.3 Å². The van der Waals surface area contributed by atoms with E-state index in [2.05, 4.69) is 0 Å². The number of aliphatic hydroxyl groups is 1. The number of rotatable bonds is 2. The first kappa shape index (κ1) is 12.2. The summed E-state index contributed by atoms with van der Waals surface area (Å²) in [6.07, 6.45) is 2.98. The summed E-state index contributed by atoms with van der Waals surface area (Å²) in [7, 11) is 0. The Morgan fingerprint density at radius 3 is 2.88 bits per heavy atom. The van der Waals surface area contributed by atoms with Gasteiger partial charge in [0, 0.05) is 6.54 Å². The summed E-state index contributed by atoms with van der Waals surface area (Å²) in [5.74, 6) is 1.40. The van der Waals surface area contributed by atoms with E-state index in [9.17, 15) is 9.90 Å². The van der Waals surface area contributed by atoms with Crippen LogP contribution in [0.2, 0.25) is 0 Å². The zero-order chi connectivity index (χ0) is 12.4. The fourth-order valence-electron chi connectivity index (χ4n) is 2.46. The van der Waals surface area contributed by atoms with E-state index >= 15 is 0 Å². The molecule has 0 saturated carbocycles. The SMILES string of the molecule is Cc1cc(C(=O)N2CCCCC2CO)c(C)o1. The summed E-state index contributed by atoms with van der Waals surface area (Å²) < 4.78 is 5.39. The number of carbonyl (C=O) groups excluding carboxylic acids is 1. The molecule has 1 fully saturated rings. The van der Waals surface area contributed by atoms with E-state index < -0.39 is 0 Å². The van der Waals surface area contributed by atoms with Crippen LogP contribution in [0, 0.1) is 13.8 Å². The third-order valence-electron chi connectivity index (χ3n) is 3.37. The minimum atomic E-state index is -0.0362. The average molecular weight is 237 g/mol. The first-order valence-electron chi connectivity index (χ1n) is 6.12. The van der Waals surface area contributed by atoms with E-state index in [4.69, 9.17) is 4.42 Å². The van der Waals surface area contributed by atoms with Crippen LogP contribution >= 0.6 is 0 Å². The molecule has 2 rings (SSSR count). The van der Waals surface area contributed by atoms with Crippen molar-refractivity contribution in [2.75, 3.05) is 13.2 Å². The Kier molecular flexibility index (Phi) is 3.52. The molecule has 2 heterocycles. The maximum absolute atomic E-state index is 12.4. The molecule has 0 bridgehead atoms. The predicted molar refractivity (Wildman–Crippen MR) is 63.9 cm³/mol. The molecular formula is C13H19NO3. The van der Waals surface area contributed by atoms with Crippen molar-refractivity contribution in [3.8, 4) is 0 Å². The lowest BCUT2D eigenvalue weighted by molar-refractivity contribution is 0.0501. The molecule has 1 saturated heterocycles. The largest absolute Gasteiger partial charge is 0.466 e. The first-order chi connectivity index (χ1) is 8.13. The van der Waals surface area contributed by atoms with E-state index in [-0.39, 0.29) is 18.6 Å². The topological polar surface area (TPSA) is 53.7 Å². The summed E-state index contributed by atoms with van der Waals surface area (Å²) in [5.41, 5.74) is 0.628. The second-order valence-corrected chi connectivity index (χ2v) is 4.66. The monoisotopic (exact) mass is 237 g/mol. The van der Waals surface area contributed by atoms with Crippen molar-refractivity contribution in [3.63, 3.8) is 0 Å². The van der Waals surface area contributed by atoms with Crippen LogP contribution in [0.5, 0.6) is 0 Å². The quantitative estimate of drug-likeness (QED) is 0.854. The van der Waals surface area contributed by atoms with Gasteiger partial charge < -0.3 is 14.4 Å². The van der Waals surface area contributed by atoms with E-state index in [1.165, 1.54) is 0 Å². The summed E-state index contributed by atoms with van der Waals surface area (Å²) in [6, 6.07) is 1.74. The smallest absolute Gasteiger partial charge is 0.257 e. The summed E-state index contributed by atoms with van der Waals surface area (Å²) >= 11 is 0. The fraction of sp³-hybridized carbons (Fsp3) is 0.615. The highest BCUT2D eigenvalue weighted by molar-refractivity contribution is 5.95. The molecular weight excluding hydrogens is 218 g/mol. The molecule has 0 radical (unpaired) electrons. The predicted octanol–water partition coefficient (Wildman–Crippen LogP) is 1.88. The van der Waals surface area contributed by atoms with Gasteiger partial charge in [0.25, 0.3) is 5.91 Å². The van der Waals surface area contributed by atoms with Gasteiger partial charge in [-0.15, -0.1) is 0 Å². The van der Waals surface area contributed by atoms with Crippen LogP contribution in [0.1, 0.15) is 41.1 Å². The van der Waals surface area contributed by atoms with Crippen molar-refractivity contribution in [2.45, 2.75) is 39.2 Å². The Balaban J connectivity index is 2.21. The molecule has 1 aliphatic rings. The van der Waals surface area contributed by atoms with Crippen LogP contribution in [-0.2, 0) is 0 Å². The molecule has 94 valence electrons. The standard InChI is InChI=1S/C13H19NO3/c1-9-7-12(10(2)17-9)13(16)14-6-4-3-5-11(14)8-15/h7,11,15H,3-6,8H2,1-2H3. The molecule has 1 unspecified atom stereocenters. The van der Waals surface area contributed by atoms with Crippen LogP contribution in [0.4, 0.5) is 0 Å². The van der Waals surface area contributed by atoms with E-state index in [1.54, 1.807) is 17.9 Å². The second-order valence-electron chi connectivity index (χ2n) is 4.66. The highest BCUT2D eigenvalue weighted by Gasteiger charge is 2.28. The number of amides is 1. The number of furan rings is 1. The van der Waals surface area contributed by atoms with E-state index in [1.807, 2.05) is 6.92 Å². The number of hydrogen-bond donors (Lipinski definition) is 1. The first-order valence-corrected chi connectivity index (χ1v) is 6.12. The van der Waals surface area contributed by atoms with Crippen LogP contribution in [0.15, 0.2) is 10.5 Å². The van der Waals surface area contributed by atoms with Gasteiger partial charge in [0.05, 0.1) is 18.2 Å². The van der Waals surface area contributed by atoms with Crippen LogP contribution < -0.4 is 0 Å². The molecule has 1 aromatic rings. The molecule has 4 nitrogen and oxygen atoms in total. The van der Waals surface area contributed by atoms with Gasteiger partial charge in [0.2, 0.25) is 0 Å². The molecule has 17 heavy (non-hydrogen) atoms. The van der Waals surface area contributed by atoms with Crippen molar-refractivity contribution in [2.24, 2.45) is 0 Å². The molecule has 0 aliphatic carbocycles. The lowest BCUT2D eigenvalue weighted by Crippen LogP contribution is -2.45. The summed E-state index contributed by atoms with van der Waals surface area (Å²) in [6.45, 7) is 4.41. The highest BCUT2D eigenvalue weighted by Crippen LogP contribution is 2.22. The average Bonchev–Trinajstić information content (AvgIpc) is 2.67. The summed E-state index contributed by atoms with van der Waals surface area (Å²) in [4.78, 5) is 14.1. The normalized spacial score (nSPS) is 20.6. The molecule has 1 aliphatic heterocycles. The zero-order valence-electron chi connectivity index (χ0n) is 10.4. The Morgan fingerprint density at radius 1 is 1.53 bits per heavy atom. The Morgan fingerprint density at radius 2 is 2.29 bits per heavy atom. The van der Waals surface area contributed by atoms with Crippen LogP contribution in [-0.4, -0.2) is 35.1 Å². The van der Waals surface area contributed by atoms with Gasteiger partial charge in [-0.25, -0.2) is 0 Å². The number of likely N-dealkylation sites (tertiary alicyclic amines) is 1. The molecule has 0 aromatic carbocycles. The molecule has 1 N–H and O–H groups in total. The Bertz CT molecular complexity index is 411. The van der Waals surface area contributed by atoms with Crippen LogP contribution in [0.25, 0.3) is 0 Å². The fourth-order valence-corrected chi connectivity index (χ4v) is 2.46. The van der Waals surface area contributed by atoms with Gasteiger partial charge in [-0.3, -0.25) is 4.79 Å². The summed E-state index contributed by atoms with van der Waals surface area (Å²) in [5, 5.41) is 9.31. The van der Waals surface area contributed by atoms with Gasteiger partial charge in [-0.05, 0) is 39.2 Å². The van der Waals surface area contributed by atoms with Crippen LogP contribution in [0.3, 0.4) is 0 Å². The van der Waals surface area contributed by atoms with Crippen molar-refractivity contribution in [1.82, 2.24) is 4.90 Å². The van der Waals surface area contributed by atoms with Gasteiger partial charge in [-0.2, -0.15) is 0 Å². The van der Waals surface area contributed by atoms with E-state index in [0.717, 1.165) is 31.6 Å². The molecule has 1 amide bonds. The minimum Gasteiger partial charge on any atom is -0.466 e. The highest BCUT2D eigenvalue weighted by atomic mass is 16.3. The lowest BCUT2D eigenvalue weighted by atomic mass is 10.0. The zero-order valence-corrected chi connectivity index (χ0v) is 10.4. The number of nitrogens with zero attached hydrogens (tertiary/aromatic N) is 1. The van der Waals surface area contributed by atoms with Crippen molar-refractivity contribution in [1.29, 1.82) is 0 Å². The van der Waals surface area contributed by atoms with Crippen molar-refractivity contribution in [3.05, 3.63) is 23.2 Å². The Hall–Kier alpha value is -1.29.